The van der Waals surface area contributed by atoms with E-state index in [1.54, 1.807) is 0 Å². The number of nitrogens with zero attached hydrogens (tertiary/aromatic N) is 1. The second-order valence-electron chi connectivity index (χ2n) is 18.3. The Morgan fingerprint density at radius 2 is 0.714 bits per heavy atom. The minimum absolute atomic E-state index is 0.486. The van der Waals surface area contributed by atoms with E-state index in [0.29, 0.717) is 0 Å². The molecule has 0 saturated heterocycles. The molecule has 0 amide bonds. The Labute approximate surface area is 409 Å². The number of hydrogen-bond acceptors (Lipinski definition) is 1. The molecule has 0 aromatic heterocycles. The average Bonchev–Trinajstić information content (AvgIpc) is 3.74. The van der Waals surface area contributed by atoms with Crippen molar-refractivity contribution in [3.8, 4) is 55.6 Å². The van der Waals surface area contributed by atoms with Crippen LogP contribution in [0.5, 0.6) is 0 Å². The molecule has 70 heavy (non-hydrogen) atoms. The first-order valence-electron chi connectivity index (χ1n) is 24.3. The van der Waals surface area contributed by atoms with E-state index >= 15 is 0 Å². The van der Waals surface area contributed by atoms with Crippen LogP contribution in [0, 0.1) is 0 Å². The van der Waals surface area contributed by atoms with Crippen molar-refractivity contribution in [2.24, 2.45) is 0 Å². The smallest absolute Gasteiger partial charge is 0.0713 e. The molecule has 0 N–H and O–H groups in total. The summed E-state index contributed by atoms with van der Waals surface area (Å²) in [7, 11) is 0. The van der Waals surface area contributed by atoms with Crippen molar-refractivity contribution in [3.63, 3.8) is 0 Å². The summed E-state index contributed by atoms with van der Waals surface area (Å²) in [5.74, 6) is 0. The van der Waals surface area contributed by atoms with E-state index in [2.05, 4.69) is 290 Å². The van der Waals surface area contributed by atoms with Crippen molar-refractivity contribution < 1.29 is 0 Å². The molecule has 12 aromatic carbocycles. The van der Waals surface area contributed by atoms with Gasteiger partial charge in [-0.3, -0.25) is 0 Å². The molecule has 0 unspecified atom stereocenters. The maximum Gasteiger partial charge on any atom is 0.0713 e. The van der Waals surface area contributed by atoms with Crippen molar-refractivity contribution in [1.82, 2.24) is 0 Å². The first-order valence-corrected chi connectivity index (χ1v) is 24.3. The lowest BCUT2D eigenvalue weighted by atomic mass is 9.68. The van der Waals surface area contributed by atoms with Gasteiger partial charge in [-0.15, -0.1) is 0 Å². The summed E-state index contributed by atoms with van der Waals surface area (Å²) in [5, 5.41) is 4.98. The quantitative estimate of drug-likeness (QED) is 0.131. The monoisotopic (exact) mass is 889 g/mol. The minimum atomic E-state index is -0.486. The molecule has 0 atom stereocenters. The van der Waals surface area contributed by atoms with Gasteiger partial charge in [0.2, 0.25) is 0 Å². The van der Waals surface area contributed by atoms with Crippen molar-refractivity contribution >= 4 is 38.6 Å². The Hall–Kier alpha value is -9.04. The molecule has 1 aliphatic carbocycles. The van der Waals surface area contributed by atoms with Crippen LogP contribution in [-0.2, 0) is 5.41 Å². The molecule has 1 aliphatic rings. The van der Waals surface area contributed by atoms with Crippen LogP contribution in [0.4, 0.5) is 17.1 Å². The van der Waals surface area contributed by atoms with Crippen LogP contribution in [0.1, 0.15) is 22.3 Å². The zero-order valence-corrected chi connectivity index (χ0v) is 38.6. The maximum absolute atomic E-state index is 2.47. The van der Waals surface area contributed by atoms with E-state index in [1.165, 1.54) is 82.7 Å². The summed E-state index contributed by atoms with van der Waals surface area (Å²) in [6.07, 6.45) is 0. The molecule has 1 nitrogen and oxygen atoms in total. The molecule has 0 saturated carbocycles. The molecular weight excluding hydrogens is 843 g/mol. The summed E-state index contributed by atoms with van der Waals surface area (Å²) in [6, 6.07) is 105. The fraction of sp³-hybridized carbons (Fsp3) is 0.0145. The van der Waals surface area contributed by atoms with Crippen molar-refractivity contribution in [2.45, 2.75) is 5.41 Å². The maximum atomic E-state index is 2.47. The second kappa shape index (κ2) is 17.2. The van der Waals surface area contributed by atoms with Crippen molar-refractivity contribution in [3.05, 3.63) is 307 Å². The highest BCUT2D eigenvalue weighted by Crippen LogP contribution is 2.57. The van der Waals surface area contributed by atoms with Gasteiger partial charge in [-0.05, 0) is 130 Å². The third kappa shape index (κ3) is 6.70. The Morgan fingerprint density at radius 1 is 0.243 bits per heavy atom. The summed E-state index contributed by atoms with van der Waals surface area (Å²) in [4.78, 5) is 2.47. The molecule has 1 heteroatoms. The molecule has 0 radical (unpaired) electrons. The normalized spacial score (nSPS) is 12.4. The number of anilines is 3. The van der Waals surface area contributed by atoms with Crippen molar-refractivity contribution in [2.75, 3.05) is 4.90 Å². The Bertz CT molecular complexity index is 3820. The Kier molecular flexibility index (Phi) is 10.1. The van der Waals surface area contributed by atoms with Crippen LogP contribution in [0.3, 0.4) is 0 Å². The number of rotatable bonds is 9. The molecule has 12 aromatic rings. The largest absolute Gasteiger partial charge is 0.310 e. The van der Waals surface area contributed by atoms with Gasteiger partial charge in [0.1, 0.15) is 0 Å². The lowest BCUT2D eigenvalue weighted by Gasteiger charge is -2.34. The summed E-state index contributed by atoms with van der Waals surface area (Å²) >= 11 is 0. The van der Waals surface area contributed by atoms with Gasteiger partial charge in [0.25, 0.3) is 0 Å². The third-order valence-corrected chi connectivity index (χ3v) is 14.5. The third-order valence-electron chi connectivity index (χ3n) is 14.5. The lowest BCUT2D eigenvalue weighted by molar-refractivity contribution is 0.768. The molecule has 13 rings (SSSR count). The SMILES string of the molecule is c1ccc(-c2ccccc2N(c2cccc(-c3ccc4c(c3)c(-c3ccccc3)c(-c3ccccc3)c3ccccc34)c2)c2ccc3c(c2)-c2ccccc2C3(c2ccccc2)c2ccccc2)cc1. The molecule has 0 bridgehead atoms. The number of benzene rings is 12. The van der Waals surface area contributed by atoms with Gasteiger partial charge in [-0.25, -0.2) is 0 Å². The van der Waals surface area contributed by atoms with E-state index in [1.807, 2.05) is 0 Å². The predicted octanol–water partition coefficient (Wildman–Crippen LogP) is 18.5. The predicted molar refractivity (Wildman–Crippen MR) is 295 cm³/mol. The van der Waals surface area contributed by atoms with Crippen LogP contribution < -0.4 is 4.90 Å². The fourth-order valence-corrected chi connectivity index (χ4v) is 11.5. The highest BCUT2D eigenvalue weighted by molar-refractivity contribution is 6.22. The molecule has 0 fully saturated rings. The standard InChI is InChI=1S/C69H47N/c1-6-23-48(24-7-1)57-35-19-21-40-66(57)70(56-42-44-65-62(47-56)60-37-18-20-39-64(60)69(65,53-30-12-4-13-31-53)54-32-14-5-15-33-54)55-34-22-29-51(45-55)52-41-43-59-58-36-16-17-38-61(58)67(49-25-8-2-9-26-49)68(63(59)46-52)50-27-10-3-11-28-50/h1-47H. The summed E-state index contributed by atoms with van der Waals surface area (Å²) < 4.78 is 0. The van der Waals surface area contributed by atoms with Gasteiger partial charge >= 0.3 is 0 Å². The van der Waals surface area contributed by atoms with Crippen LogP contribution in [0.25, 0.3) is 77.2 Å². The fourth-order valence-electron chi connectivity index (χ4n) is 11.5. The second-order valence-corrected chi connectivity index (χ2v) is 18.3. The Morgan fingerprint density at radius 3 is 1.39 bits per heavy atom. The highest BCUT2D eigenvalue weighted by atomic mass is 15.1. The van der Waals surface area contributed by atoms with E-state index in [0.717, 1.165) is 33.8 Å². The lowest BCUT2D eigenvalue weighted by Crippen LogP contribution is -2.28. The van der Waals surface area contributed by atoms with Gasteiger partial charge < -0.3 is 4.90 Å². The molecule has 0 spiro atoms. The first kappa shape index (κ1) is 41.2. The van der Waals surface area contributed by atoms with E-state index in [-0.39, 0.29) is 0 Å². The van der Waals surface area contributed by atoms with E-state index < -0.39 is 5.41 Å². The van der Waals surface area contributed by atoms with Gasteiger partial charge in [0.05, 0.1) is 11.1 Å². The van der Waals surface area contributed by atoms with Gasteiger partial charge in [0.15, 0.2) is 0 Å². The zero-order valence-electron chi connectivity index (χ0n) is 38.6. The average molecular weight is 890 g/mol. The van der Waals surface area contributed by atoms with Gasteiger partial charge in [0, 0.05) is 16.9 Å². The van der Waals surface area contributed by atoms with Crippen molar-refractivity contribution in [1.29, 1.82) is 0 Å². The van der Waals surface area contributed by atoms with Crippen LogP contribution in [0.2, 0.25) is 0 Å². The number of fused-ring (bicyclic) bond motifs is 6. The van der Waals surface area contributed by atoms with Crippen LogP contribution in [-0.4, -0.2) is 0 Å². The van der Waals surface area contributed by atoms with Gasteiger partial charge in [-0.2, -0.15) is 0 Å². The Balaban J connectivity index is 1.04. The first-order chi connectivity index (χ1) is 34.8. The number of hydrogen-bond donors (Lipinski definition) is 0. The summed E-state index contributed by atoms with van der Waals surface area (Å²) in [5.41, 5.74) is 19.9. The molecule has 0 heterocycles. The zero-order chi connectivity index (χ0) is 46.4. The van der Waals surface area contributed by atoms with Crippen LogP contribution in [0.15, 0.2) is 285 Å². The highest BCUT2D eigenvalue weighted by Gasteiger charge is 2.46. The minimum Gasteiger partial charge on any atom is -0.310 e. The topological polar surface area (TPSA) is 3.24 Å². The molecular formula is C69H47N. The number of para-hydroxylation sites is 1. The molecule has 0 aliphatic heterocycles. The van der Waals surface area contributed by atoms with Crippen LogP contribution >= 0.6 is 0 Å². The molecule has 328 valence electrons. The van der Waals surface area contributed by atoms with E-state index in [9.17, 15) is 0 Å². The van der Waals surface area contributed by atoms with E-state index in [4.69, 9.17) is 0 Å². The van der Waals surface area contributed by atoms with Gasteiger partial charge in [-0.1, -0.05) is 249 Å². The summed E-state index contributed by atoms with van der Waals surface area (Å²) in [6.45, 7) is 0.